The van der Waals surface area contributed by atoms with E-state index in [1.807, 2.05) is 30.3 Å². The van der Waals surface area contributed by atoms with E-state index in [9.17, 15) is 19.2 Å². The van der Waals surface area contributed by atoms with E-state index in [1.165, 1.54) is 12.1 Å². The van der Waals surface area contributed by atoms with Crippen LogP contribution in [-0.4, -0.2) is 32.5 Å². The zero-order chi connectivity index (χ0) is 20.4. The Balaban J connectivity index is 1.81. The van der Waals surface area contributed by atoms with Crippen LogP contribution in [0, 0.1) is 17.1 Å². The van der Waals surface area contributed by atoms with Crippen molar-refractivity contribution in [1.82, 2.24) is 0 Å². The number of halogens is 2. The second-order valence-electron chi connectivity index (χ2n) is 6.04. The van der Waals surface area contributed by atoms with E-state index in [1.54, 1.807) is 23.9 Å². The van der Waals surface area contributed by atoms with Crippen molar-refractivity contribution in [3.8, 4) is 6.07 Å². The molecule has 0 fully saturated rings. The van der Waals surface area contributed by atoms with Crippen LogP contribution in [0.25, 0.3) is 0 Å². The van der Waals surface area contributed by atoms with Gasteiger partial charge < -0.3 is 14.5 Å². The summed E-state index contributed by atoms with van der Waals surface area (Å²) in [5.74, 6) is -2.18. The highest BCUT2D eigenvalue weighted by Gasteiger charge is 2.31. The summed E-state index contributed by atoms with van der Waals surface area (Å²) in [4.78, 5) is 28.0. The largest absolute Gasteiger partial charge is 0.454 e. The number of benzene rings is 2. The quantitative estimate of drug-likeness (QED) is 0.445. The van der Waals surface area contributed by atoms with Crippen LogP contribution in [0.2, 0.25) is 5.02 Å². The first-order valence-electron chi connectivity index (χ1n) is 8.21. The molecule has 1 heterocycles. The third-order valence-electron chi connectivity index (χ3n) is 4.34. The molecule has 0 unspecified atom stereocenters. The van der Waals surface area contributed by atoms with E-state index in [0.717, 1.165) is 17.4 Å². The second kappa shape index (κ2) is 7.71. The highest BCUT2D eigenvalue weighted by atomic mass is 35.5. The van der Waals surface area contributed by atoms with E-state index in [0.29, 0.717) is 5.82 Å². The highest BCUT2D eigenvalue weighted by Crippen LogP contribution is 2.40. The van der Waals surface area contributed by atoms with Gasteiger partial charge in [-0.05, 0) is 30.3 Å². The lowest BCUT2D eigenvalue weighted by Crippen LogP contribution is -2.28. The third kappa shape index (κ3) is 3.42. The maximum absolute atomic E-state index is 13.8. The Morgan fingerprint density at radius 3 is 2.29 bits per heavy atom. The van der Waals surface area contributed by atoms with Gasteiger partial charge in [-0.3, -0.25) is 4.79 Å². The fourth-order valence-corrected chi connectivity index (χ4v) is 3.15. The monoisotopic (exact) mass is 399 g/mol. The minimum absolute atomic E-state index is 0.133. The van der Waals surface area contributed by atoms with Crippen molar-refractivity contribution < 1.29 is 18.7 Å². The third-order valence-corrected chi connectivity index (χ3v) is 4.57. The summed E-state index contributed by atoms with van der Waals surface area (Å²) in [6.07, 6.45) is 0. The van der Waals surface area contributed by atoms with E-state index in [-0.39, 0.29) is 16.2 Å². The predicted octanol–water partition coefficient (Wildman–Crippen LogP) is 3.53. The molecule has 0 atom stereocenters. The van der Waals surface area contributed by atoms with E-state index in [2.05, 4.69) is 0 Å². The van der Waals surface area contributed by atoms with Gasteiger partial charge in [-0.2, -0.15) is 5.26 Å². The highest BCUT2D eigenvalue weighted by molar-refractivity contribution is 6.30. The van der Waals surface area contributed by atoms with Gasteiger partial charge >= 0.3 is 5.97 Å². The summed E-state index contributed by atoms with van der Waals surface area (Å²) in [5, 5.41) is 9.66. The van der Waals surface area contributed by atoms with Crippen molar-refractivity contribution in [3.05, 3.63) is 70.3 Å². The van der Waals surface area contributed by atoms with Crippen LogP contribution >= 0.6 is 11.6 Å². The molecule has 0 radical (unpaired) electrons. The number of anilines is 2. The average Bonchev–Trinajstić information content (AvgIpc) is 2.92. The fraction of sp³-hybridized carbons (Fsp3) is 0.150. The Morgan fingerprint density at radius 1 is 1.14 bits per heavy atom. The van der Waals surface area contributed by atoms with Crippen LogP contribution < -0.4 is 9.80 Å². The summed E-state index contributed by atoms with van der Waals surface area (Å²) in [6, 6.07) is 12.8. The summed E-state index contributed by atoms with van der Waals surface area (Å²) in [6.45, 7) is -0.689. The molecule has 0 N–H and O–H groups in total. The van der Waals surface area contributed by atoms with Gasteiger partial charge in [0.25, 0.3) is 0 Å². The molecule has 0 bridgehead atoms. The van der Waals surface area contributed by atoms with Crippen LogP contribution in [-0.2, 0) is 9.53 Å². The fourth-order valence-electron chi connectivity index (χ4n) is 2.99. The molecule has 0 saturated carbocycles. The smallest absolute Gasteiger partial charge is 0.341 e. The molecule has 0 saturated heterocycles. The molecule has 142 valence electrons. The van der Waals surface area contributed by atoms with Crippen molar-refractivity contribution in [1.29, 1.82) is 5.26 Å². The molecule has 1 aliphatic heterocycles. The normalized spacial score (nSPS) is 12.5. The number of Topliss-reactive ketones (excluding diaryl/α,β-unsaturated/α-hetero) is 1. The molecular weight excluding hydrogens is 385 g/mol. The lowest BCUT2D eigenvalue weighted by atomic mass is 10.2. The van der Waals surface area contributed by atoms with Crippen LogP contribution in [0.5, 0.6) is 0 Å². The number of esters is 1. The maximum Gasteiger partial charge on any atom is 0.341 e. The Hall–Kier alpha value is -3.37. The first-order valence-corrected chi connectivity index (χ1v) is 8.59. The number of ether oxygens (including phenoxy) is 1. The molecule has 0 amide bonds. The van der Waals surface area contributed by atoms with Crippen LogP contribution in [0.4, 0.5) is 15.8 Å². The Bertz CT molecular complexity index is 1010. The number of carbonyl (C=O) groups excluding carboxylic acids is 2. The standard InChI is InChI=1S/C20H15ClFN3O3/c1-24-16-5-3-4-6-17(16)25(2)19(24)14(10-23)18(26)11-28-20(27)13-8-7-12(21)9-15(13)22/h3-9H,11H2,1-2H3. The van der Waals surface area contributed by atoms with Crippen molar-refractivity contribution in [2.45, 2.75) is 0 Å². The summed E-state index contributed by atoms with van der Waals surface area (Å²) < 4.78 is 18.7. The van der Waals surface area contributed by atoms with E-state index >= 15 is 0 Å². The Labute approximate surface area is 166 Å². The first kappa shape index (κ1) is 19.4. The zero-order valence-corrected chi connectivity index (χ0v) is 15.8. The van der Waals surface area contributed by atoms with E-state index in [4.69, 9.17) is 16.3 Å². The minimum Gasteiger partial charge on any atom is -0.454 e. The number of ketones is 1. The van der Waals surface area contributed by atoms with Gasteiger partial charge in [0.15, 0.2) is 6.61 Å². The second-order valence-corrected chi connectivity index (χ2v) is 6.48. The van der Waals surface area contributed by atoms with Gasteiger partial charge in [-0.1, -0.05) is 23.7 Å². The topological polar surface area (TPSA) is 73.6 Å². The number of hydrogen-bond donors (Lipinski definition) is 0. The number of carbonyl (C=O) groups is 2. The molecular formula is C20H15ClFN3O3. The number of nitriles is 1. The van der Waals surface area contributed by atoms with Crippen molar-refractivity contribution >= 4 is 34.7 Å². The molecule has 28 heavy (non-hydrogen) atoms. The SMILES string of the molecule is CN1C(=C(C#N)C(=O)COC(=O)c2ccc(Cl)cc2F)N(C)c2ccccc21. The van der Waals surface area contributed by atoms with Crippen molar-refractivity contribution in [2.24, 2.45) is 0 Å². The molecule has 2 aromatic rings. The number of para-hydroxylation sites is 2. The van der Waals surface area contributed by atoms with Crippen LogP contribution in [0.15, 0.2) is 53.9 Å². The number of nitrogens with zero attached hydrogens (tertiary/aromatic N) is 3. The molecule has 2 aromatic carbocycles. The average molecular weight is 400 g/mol. The van der Waals surface area contributed by atoms with Gasteiger partial charge in [0.1, 0.15) is 23.3 Å². The molecule has 8 heteroatoms. The number of fused-ring (bicyclic) bond motifs is 1. The molecule has 0 aromatic heterocycles. The minimum atomic E-state index is -1.01. The van der Waals surface area contributed by atoms with Crippen molar-refractivity contribution in [3.63, 3.8) is 0 Å². The Kier molecular flexibility index (Phi) is 5.34. The van der Waals surface area contributed by atoms with Gasteiger partial charge in [-0.15, -0.1) is 0 Å². The van der Waals surface area contributed by atoms with Crippen LogP contribution in [0.3, 0.4) is 0 Å². The van der Waals surface area contributed by atoms with Crippen molar-refractivity contribution in [2.75, 3.05) is 30.5 Å². The Morgan fingerprint density at radius 2 is 1.75 bits per heavy atom. The maximum atomic E-state index is 13.8. The molecule has 0 spiro atoms. The van der Waals surface area contributed by atoms with Crippen LogP contribution in [0.1, 0.15) is 10.4 Å². The lowest BCUT2D eigenvalue weighted by Gasteiger charge is -2.19. The van der Waals surface area contributed by atoms with Gasteiger partial charge in [0, 0.05) is 19.1 Å². The molecule has 1 aliphatic rings. The van der Waals surface area contributed by atoms with Gasteiger partial charge in [0.2, 0.25) is 5.78 Å². The molecule has 6 nitrogen and oxygen atoms in total. The zero-order valence-electron chi connectivity index (χ0n) is 15.1. The number of hydrogen-bond acceptors (Lipinski definition) is 6. The van der Waals surface area contributed by atoms with E-state index < -0.39 is 24.2 Å². The molecule has 0 aliphatic carbocycles. The van der Waals surface area contributed by atoms with Gasteiger partial charge in [-0.25, -0.2) is 9.18 Å². The summed E-state index contributed by atoms with van der Waals surface area (Å²) in [7, 11) is 3.47. The first-order chi connectivity index (χ1) is 13.3. The predicted molar refractivity (Wildman–Crippen MR) is 103 cm³/mol. The van der Waals surface area contributed by atoms with Gasteiger partial charge in [0.05, 0.1) is 16.9 Å². The summed E-state index contributed by atoms with van der Waals surface area (Å²) in [5.41, 5.74) is 1.16. The number of rotatable bonds is 4. The molecule has 3 rings (SSSR count). The summed E-state index contributed by atoms with van der Waals surface area (Å²) >= 11 is 5.65. The lowest BCUT2D eigenvalue weighted by molar-refractivity contribution is -0.118.